The summed E-state index contributed by atoms with van der Waals surface area (Å²) in [6.45, 7) is 0. The van der Waals surface area contributed by atoms with Crippen molar-refractivity contribution in [2.24, 2.45) is 0 Å². The summed E-state index contributed by atoms with van der Waals surface area (Å²) >= 11 is 0. The summed E-state index contributed by atoms with van der Waals surface area (Å²) in [6, 6.07) is 55.5. The van der Waals surface area contributed by atoms with E-state index in [9.17, 15) is 0 Å². The molecule has 1 aromatic heterocycles. The maximum atomic E-state index is 2.47. The lowest BCUT2D eigenvalue weighted by molar-refractivity contribution is 1.20. The molecular weight excluding hydrogens is 494 g/mol. The molecule has 190 valence electrons. The van der Waals surface area contributed by atoms with Gasteiger partial charge in [-0.1, -0.05) is 133 Å². The molecule has 0 atom stereocenters. The number of nitrogens with zero attached hydrogens (tertiary/aromatic N) is 1. The number of hydrogen-bond donors (Lipinski definition) is 0. The Bertz CT molecular complexity index is 2340. The third-order valence-corrected chi connectivity index (χ3v) is 8.75. The highest BCUT2D eigenvalue weighted by Crippen LogP contribution is 2.45. The van der Waals surface area contributed by atoms with Crippen molar-refractivity contribution in [2.45, 2.75) is 0 Å². The average Bonchev–Trinajstić information content (AvgIpc) is 3.38. The van der Waals surface area contributed by atoms with Gasteiger partial charge in [-0.15, -0.1) is 0 Å². The molecule has 41 heavy (non-hydrogen) atoms. The van der Waals surface area contributed by atoms with Crippen LogP contribution in [0.5, 0.6) is 0 Å². The van der Waals surface area contributed by atoms with Gasteiger partial charge in [-0.3, -0.25) is 0 Å². The van der Waals surface area contributed by atoms with Crippen molar-refractivity contribution < 1.29 is 0 Å². The minimum atomic E-state index is 1.22. The van der Waals surface area contributed by atoms with Crippen LogP contribution >= 0.6 is 0 Å². The first-order valence-electron chi connectivity index (χ1n) is 14.2. The number of benzene rings is 8. The summed E-state index contributed by atoms with van der Waals surface area (Å²) in [6.07, 6.45) is 0. The Labute approximate surface area is 237 Å². The molecule has 1 nitrogen and oxygen atoms in total. The number of rotatable bonds is 3. The van der Waals surface area contributed by atoms with Gasteiger partial charge in [0.1, 0.15) is 0 Å². The molecule has 0 saturated heterocycles. The second kappa shape index (κ2) is 8.55. The van der Waals surface area contributed by atoms with E-state index in [-0.39, 0.29) is 0 Å². The van der Waals surface area contributed by atoms with Gasteiger partial charge in [0.05, 0.1) is 16.7 Å². The number of hydrogen-bond acceptors (Lipinski definition) is 0. The van der Waals surface area contributed by atoms with E-state index in [1.165, 1.54) is 82.1 Å². The van der Waals surface area contributed by atoms with E-state index in [1.807, 2.05) is 0 Å². The standard InChI is InChI=1S/C40H25N/c1-3-11-26(12-4-1)29-21-19-28-20-22-34-38(41-36-17-9-7-15-30(36)31-16-8-10-18-37(31)41)25-35(27-13-5-2-6-14-27)33-24-23-32(29)39(28)40(33)34/h1-25H. The molecule has 0 N–H and O–H groups in total. The fraction of sp³-hybridized carbons (Fsp3) is 0. The highest BCUT2D eigenvalue weighted by Gasteiger charge is 2.20. The predicted octanol–water partition coefficient (Wildman–Crippen LogP) is 11.0. The molecule has 9 rings (SSSR count). The normalized spacial score (nSPS) is 11.9. The molecule has 1 heteroatoms. The molecule has 0 aliphatic carbocycles. The Morgan fingerprint density at radius 3 is 1.51 bits per heavy atom. The van der Waals surface area contributed by atoms with Crippen molar-refractivity contribution in [1.29, 1.82) is 0 Å². The number of fused-ring (bicyclic) bond motifs is 3. The summed E-state index contributed by atoms with van der Waals surface area (Å²) in [5.74, 6) is 0. The fourth-order valence-electron chi connectivity index (χ4n) is 6.97. The van der Waals surface area contributed by atoms with Crippen LogP contribution in [0.3, 0.4) is 0 Å². The molecule has 9 aromatic rings. The van der Waals surface area contributed by atoms with Gasteiger partial charge >= 0.3 is 0 Å². The van der Waals surface area contributed by atoms with Crippen LogP contribution in [0.2, 0.25) is 0 Å². The van der Waals surface area contributed by atoms with E-state index in [4.69, 9.17) is 0 Å². The molecule has 0 unspecified atom stereocenters. The van der Waals surface area contributed by atoms with E-state index >= 15 is 0 Å². The van der Waals surface area contributed by atoms with Crippen LogP contribution in [0.1, 0.15) is 0 Å². The monoisotopic (exact) mass is 519 g/mol. The first kappa shape index (κ1) is 22.4. The SMILES string of the molecule is c1ccc(-c2ccc3ccc4c(-n5c6ccccc6c6ccccc65)cc(-c5ccccc5)c5ccc2c3c54)cc1. The second-order valence-electron chi connectivity index (χ2n) is 10.9. The van der Waals surface area contributed by atoms with Crippen LogP contribution < -0.4 is 0 Å². The molecule has 0 fully saturated rings. The zero-order valence-electron chi connectivity index (χ0n) is 22.4. The Hall–Kier alpha value is -5.40. The summed E-state index contributed by atoms with van der Waals surface area (Å²) in [4.78, 5) is 0. The van der Waals surface area contributed by atoms with E-state index in [1.54, 1.807) is 0 Å². The largest absolute Gasteiger partial charge is 0.309 e. The third-order valence-electron chi connectivity index (χ3n) is 8.75. The average molecular weight is 520 g/mol. The lowest BCUT2D eigenvalue weighted by atomic mass is 9.86. The first-order chi connectivity index (χ1) is 20.4. The Morgan fingerprint density at radius 1 is 0.341 bits per heavy atom. The van der Waals surface area contributed by atoms with Gasteiger partial charge in [0.25, 0.3) is 0 Å². The highest BCUT2D eigenvalue weighted by atomic mass is 15.0. The van der Waals surface area contributed by atoms with Crippen molar-refractivity contribution in [1.82, 2.24) is 4.57 Å². The van der Waals surface area contributed by atoms with Gasteiger partial charge in [-0.2, -0.15) is 0 Å². The van der Waals surface area contributed by atoms with Crippen molar-refractivity contribution >= 4 is 54.1 Å². The van der Waals surface area contributed by atoms with Crippen LogP contribution in [0.25, 0.3) is 82.1 Å². The Balaban J connectivity index is 1.50. The lowest BCUT2D eigenvalue weighted by Crippen LogP contribution is -1.98. The fourth-order valence-corrected chi connectivity index (χ4v) is 6.97. The maximum absolute atomic E-state index is 2.47. The molecule has 0 amide bonds. The maximum Gasteiger partial charge on any atom is 0.0547 e. The van der Waals surface area contributed by atoms with Crippen molar-refractivity contribution in [2.75, 3.05) is 0 Å². The Morgan fingerprint density at radius 2 is 0.854 bits per heavy atom. The minimum absolute atomic E-state index is 1.22. The molecule has 0 spiro atoms. The molecule has 0 aliphatic rings. The zero-order valence-corrected chi connectivity index (χ0v) is 22.4. The quantitative estimate of drug-likeness (QED) is 0.205. The van der Waals surface area contributed by atoms with E-state index in [2.05, 4.69) is 156 Å². The van der Waals surface area contributed by atoms with Gasteiger partial charge in [0.2, 0.25) is 0 Å². The summed E-state index contributed by atoms with van der Waals surface area (Å²) in [5.41, 5.74) is 8.69. The van der Waals surface area contributed by atoms with Crippen LogP contribution in [-0.2, 0) is 0 Å². The molecule has 0 aliphatic heterocycles. The Kier molecular flexibility index (Phi) is 4.67. The van der Waals surface area contributed by atoms with Crippen LogP contribution in [0.4, 0.5) is 0 Å². The zero-order chi connectivity index (χ0) is 26.9. The number of aromatic nitrogens is 1. The van der Waals surface area contributed by atoms with E-state index < -0.39 is 0 Å². The summed E-state index contributed by atoms with van der Waals surface area (Å²) < 4.78 is 2.47. The first-order valence-corrected chi connectivity index (χ1v) is 14.2. The lowest BCUT2D eigenvalue weighted by Gasteiger charge is -2.20. The number of para-hydroxylation sites is 2. The van der Waals surface area contributed by atoms with Gasteiger partial charge in [0, 0.05) is 21.5 Å². The molecule has 0 saturated carbocycles. The summed E-state index contributed by atoms with van der Waals surface area (Å²) in [7, 11) is 0. The van der Waals surface area contributed by atoms with Crippen molar-refractivity contribution in [3.05, 3.63) is 152 Å². The summed E-state index contributed by atoms with van der Waals surface area (Å²) in [5, 5.41) is 10.4. The van der Waals surface area contributed by atoms with Crippen LogP contribution in [-0.4, -0.2) is 4.57 Å². The second-order valence-corrected chi connectivity index (χ2v) is 10.9. The molecule has 8 aromatic carbocycles. The molecular formula is C40H25N. The van der Waals surface area contributed by atoms with Crippen LogP contribution in [0.15, 0.2) is 152 Å². The van der Waals surface area contributed by atoms with Gasteiger partial charge in [0.15, 0.2) is 0 Å². The van der Waals surface area contributed by atoms with Crippen molar-refractivity contribution in [3.8, 4) is 27.9 Å². The smallest absolute Gasteiger partial charge is 0.0547 e. The van der Waals surface area contributed by atoms with Crippen LogP contribution in [0, 0.1) is 0 Å². The molecule has 0 radical (unpaired) electrons. The third kappa shape index (κ3) is 3.18. The van der Waals surface area contributed by atoms with E-state index in [0.29, 0.717) is 0 Å². The molecule has 0 bridgehead atoms. The van der Waals surface area contributed by atoms with E-state index in [0.717, 1.165) is 0 Å². The van der Waals surface area contributed by atoms with Gasteiger partial charge in [-0.05, 0) is 62.0 Å². The minimum Gasteiger partial charge on any atom is -0.309 e. The predicted molar refractivity (Wildman–Crippen MR) is 175 cm³/mol. The topological polar surface area (TPSA) is 4.93 Å². The van der Waals surface area contributed by atoms with Gasteiger partial charge < -0.3 is 4.57 Å². The van der Waals surface area contributed by atoms with Gasteiger partial charge in [-0.25, -0.2) is 0 Å². The highest BCUT2D eigenvalue weighted by molar-refractivity contribution is 6.29. The molecule has 1 heterocycles. The van der Waals surface area contributed by atoms with Crippen molar-refractivity contribution in [3.63, 3.8) is 0 Å².